The standard InChI is InChI=1S/C8H8ClN3O5S2/c9-19(16,17)4-5-1-6(13)11(3-5)8-10-2-7(18-8)12(14)15/h2,5H,1,3-4H2. The Labute approximate surface area is 116 Å². The third kappa shape index (κ3) is 3.39. The van der Waals surface area contributed by atoms with Gasteiger partial charge >= 0.3 is 5.00 Å². The molecule has 0 radical (unpaired) electrons. The molecule has 2 heterocycles. The summed E-state index contributed by atoms with van der Waals surface area (Å²) in [7, 11) is 1.46. The zero-order valence-corrected chi connectivity index (χ0v) is 11.7. The van der Waals surface area contributed by atoms with Gasteiger partial charge in [0, 0.05) is 29.6 Å². The van der Waals surface area contributed by atoms with Crippen molar-refractivity contribution in [2.75, 3.05) is 17.2 Å². The molecule has 11 heteroatoms. The lowest BCUT2D eigenvalue weighted by atomic mass is 10.1. The molecule has 0 aliphatic carbocycles. The first-order valence-electron chi connectivity index (χ1n) is 5.09. The number of nitro groups is 1. The maximum atomic E-state index is 11.7. The highest BCUT2D eigenvalue weighted by molar-refractivity contribution is 8.13. The van der Waals surface area contributed by atoms with E-state index in [9.17, 15) is 23.3 Å². The largest absolute Gasteiger partial charge is 0.345 e. The van der Waals surface area contributed by atoms with Gasteiger partial charge in [0.2, 0.25) is 15.0 Å². The topological polar surface area (TPSA) is 110 Å². The first-order valence-corrected chi connectivity index (χ1v) is 8.38. The molecule has 104 valence electrons. The Hall–Kier alpha value is -1.26. The Morgan fingerprint density at radius 2 is 2.32 bits per heavy atom. The van der Waals surface area contributed by atoms with Gasteiger partial charge in [-0.2, -0.15) is 0 Å². The Morgan fingerprint density at radius 1 is 1.63 bits per heavy atom. The van der Waals surface area contributed by atoms with Crippen LogP contribution in [0.2, 0.25) is 0 Å². The van der Waals surface area contributed by atoms with Gasteiger partial charge in [-0.1, -0.05) is 0 Å². The van der Waals surface area contributed by atoms with Gasteiger partial charge in [-0.25, -0.2) is 13.4 Å². The van der Waals surface area contributed by atoms with Crippen LogP contribution in [0.3, 0.4) is 0 Å². The number of halogens is 1. The molecular formula is C8H8ClN3O5S2. The lowest BCUT2D eigenvalue weighted by molar-refractivity contribution is -0.380. The van der Waals surface area contributed by atoms with Crippen LogP contribution in [0.25, 0.3) is 0 Å². The van der Waals surface area contributed by atoms with Crippen LogP contribution >= 0.6 is 22.0 Å². The van der Waals surface area contributed by atoms with Crippen molar-refractivity contribution in [3.8, 4) is 0 Å². The first kappa shape index (κ1) is 14.2. The fourth-order valence-corrected chi connectivity index (χ4v) is 3.91. The summed E-state index contributed by atoms with van der Waals surface area (Å²) in [5.74, 6) is -1.03. The number of nitrogens with zero attached hydrogens (tertiary/aromatic N) is 3. The predicted molar refractivity (Wildman–Crippen MR) is 68.9 cm³/mol. The highest BCUT2D eigenvalue weighted by Gasteiger charge is 2.35. The van der Waals surface area contributed by atoms with E-state index >= 15 is 0 Å². The third-order valence-electron chi connectivity index (χ3n) is 2.53. The van der Waals surface area contributed by atoms with Crippen LogP contribution in [-0.2, 0) is 13.8 Å². The minimum atomic E-state index is -3.68. The lowest BCUT2D eigenvalue weighted by Crippen LogP contribution is -2.25. The third-order valence-corrected chi connectivity index (χ3v) is 4.75. The molecule has 1 atom stereocenters. The number of aromatic nitrogens is 1. The van der Waals surface area contributed by atoms with Crippen molar-refractivity contribution in [2.45, 2.75) is 6.42 Å². The summed E-state index contributed by atoms with van der Waals surface area (Å²) in [4.78, 5) is 26.7. The van der Waals surface area contributed by atoms with Crippen molar-refractivity contribution in [1.82, 2.24) is 4.98 Å². The Kier molecular flexibility index (Phi) is 3.74. The quantitative estimate of drug-likeness (QED) is 0.463. The minimum absolute atomic E-state index is 0.0410. The number of anilines is 1. The monoisotopic (exact) mass is 325 g/mol. The summed E-state index contributed by atoms with van der Waals surface area (Å²) >= 11 is 0.774. The molecule has 1 fully saturated rings. The fourth-order valence-electron chi connectivity index (χ4n) is 1.83. The van der Waals surface area contributed by atoms with Gasteiger partial charge in [0.15, 0.2) is 5.13 Å². The summed E-state index contributed by atoms with van der Waals surface area (Å²) < 4.78 is 21.9. The van der Waals surface area contributed by atoms with Gasteiger partial charge in [0.05, 0.1) is 10.7 Å². The maximum absolute atomic E-state index is 11.7. The summed E-state index contributed by atoms with van der Waals surface area (Å²) in [6.45, 7) is 0.148. The molecule has 1 aromatic heterocycles. The van der Waals surface area contributed by atoms with E-state index < -0.39 is 19.9 Å². The number of thiazole rings is 1. The number of rotatable bonds is 4. The average Bonchev–Trinajstić information content (AvgIpc) is 2.82. The summed E-state index contributed by atoms with van der Waals surface area (Å²) in [5, 5.41) is 10.6. The molecular weight excluding hydrogens is 318 g/mol. The van der Waals surface area contributed by atoms with Crippen LogP contribution in [-0.4, -0.2) is 36.5 Å². The highest BCUT2D eigenvalue weighted by Crippen LogP contribution is 2.32. The second kappa shape index (κ2) is 5.02. The Morgan fingerprint density at radius 3 is 2.84 bits per heavy atom. The van der Waals surface area contributed by atoms with Gasteiger partial charge in [0.1, 0.15) is 6.20 Å². The minimum Gasteiger partial charge on any atom is -0.288 e. The molecule has 1 aromatic rings. The molecule has 0 bridgehead atoms. The molecule has 1 saturated heterocycles. The molecule has 19 heavy (non-hydrogen) atoms. The van der Waals surface area contributed by atoms with Crippen LogP contribution in [0.1, 0.15) is 6.42 Å². The lowest BCUT2D eigenvalue weighted by Gasteiger charge is -2.11. The molecule has 0 spiro atoms. The van der Waals surface area contributed by atoms with E-state index in [2.05, 4.69) is 4.98 Å². The van der Waals surface area contributed by atoms with Gasteiger partial charge in [-0.3, -0.25) is 19.8 Å². The zero-order chi connectivity index (χ0) is 14.2. The number of carbonyl (C=O) groups excluding carboxylic acids is 1. The molecule has 8 nitrogen and oxygen atoms in total. The molecule has 0 saturated carbocycles. The van der Waals surface area contributed by atoms with Gasteiger partial charge in [-0.05, 0) is 11.3 Å². The molecule has 1 aliphatic rings. The van der Waals surface area contributed by atoms with Crippen LogP contribution in [0, 0.1) is 16.0 Å². The van der Waals surface area contributed by atoms with Crippen molar-refractivity contribution in [2.24, 2.45) is 5.92 Å². The highest BCUT2D eigenvalue weighted by atomic mass is 35.7. The van der Waals surface area contributed by atoms with Gasteiger partial charge in [0.25, 0.3) is 0 Å². The average molecular weight is 326 g/mol. The molecule has 1 aliphatic heterocycles. The maximum Gasteiger partial charge on any atom is 0.345 e. The van der Waals surface area contributed by atoms with Gasteiger partial charge < -0.3 is 0 Å². The van der Waals surface area contributed by atoms with Crippen molar-refractivity contribution in [1.29, 1.82) is 0 Å². The number of hydrogen-bond acceptors (Lipinski definition) is 7. The van der Waals surface area contributed by atoms with E-state index in [1.807, 2.05) is 0 Å². The predicted octanol–water partition coefficient (Wildman–Crippen LogP) is 0.973. The smallest absolute Gasteiger partial charge is 0.288 e. The van der Waals surface area contributed by atoms with E-state index in [0.717, 1.165) is 17.5 Å². The second-order valence-electron chi connectivity index (χ2n) is 4.02. The zero-order valence-electron chi connectivity index (χ0n) is 9.35. The van der Waals surface area contributed by atoms with Crippen LogP contribution in [0.5, 0.6) is 0 Å². The number of carbonyl (C=O) groups is 1. The van der Waals surface area contributed by atoms with Crippen molar-refractivity contribution in [3.63, 3.8) is 0 Å². The van der Waals surface area contributed by atoms with Crippen LogP contribution < -0.4 is 4.90 Å². The number of hydrogen-bond donors (Lipinski definition) is 0. The number of amides is 1. The van der Waals surface area contributed by atoms with E-state index in [1.165, 1.54) is 4.90 Å². The first-order chi connectivity index (χ1) is 8.76. The van der Waals surface area contributed by atoms with Crippen molar-refractivity contribution in [3.05, 3.63) is 16.3 Å². The molecule has 2 rings (SSSR count). The second-order valence-corrected chi connectivity index (χ2v) is 7.83. The molecule has 1 unspecified atom stereocenters. The molecule has 0 N–H and O–H groups in total. The molecule has 0 aromatic carbocycles. The summed E-state index contributed by atoms with van der Waals surface area (Å²) in [6.07, 6.45) is 1.11. The van der Waals surface area contributed by atoms with Crippen molar-refractivity contribution >= 4 is 47.1 Å². The van der Waals surface area contributed by atoms with Gasteiger partial charge in [-0.15, -0.1) is 0 Å². The van der Waals surface area contributed by atoms with E-state index in [1.54, 1.807) is 0 Å². The molecule has 1 amide bonds. The Balaban J connectivity index is 2.13. The Bertz CT molecular complexity index is 628. The summed E-state index contributed by atoms with van der Waals surface area (Å²) in [5.41, 5.74) is 0. The van der Waals surface area contributed by atoms with Crippen LogP contribution in [0.15, 0.2) is 6.20 Å². The normalized spacial score (nSPS) is 19.9. The van der Waals surface area contributed by atoms with Crippen molar-refractivity contribution < 1.29 is 18.1 Å². The summed E-state index contributed by atoms with van der Waals surface area (Å²) in [6, 6.07) is 0. The van der Waals surface area contributed by atoms with E-state index in [0.29, 0.717) is 0 Å². The SMILES string of the molecule is O=C1CC(CS(=O)(=O)Cl)CN1c1ncc([N+](=O)[O-])s1. The van der Waals surface area contributed by atoms with E-state index in [-0.39, 0.29) is 34.8 Å². The van der Waals surface area contributed by atoms with E-state index in [4.69, 9.17) is 10.7 Å². The van der Waals surface area contributed by atoms with Crippen LogP contribution in [0.4, 0.5) is 10.1 Å². The fraction of sp³-hybridized carbons (Fsp3) is 0.500.